The minimum Gasteiger partial charge on any atom is -0.450 e. The molecule has 8 nitrogen and oxygen atoms in total. The number of anilines is 2. The number of hydrogen-bond donors (Lipinski definition) is 2. The maximum Gasteiger partial charge on any atom is 0.409 e. The van der Waals surface area contributed by atoms with Crippen molar-refractivity contribution < 1.29 is 14.3 Å². The van der Waals surface area contributed by atoms with E-state index in [0.29, 0.717) is 37.8 Å². The molecule has 0 spiro atoms. The number of carbonyl (C=O) groups is 2. The van der Waals surface area contributed by atoms with Crippen molar-refractivity contribution in [1.29, 1.82) is 0 Å². The fourth-order valence-electron chi connectivity index (χ4n) is 2.86. The highest BCUT2D eigenvalue weighted by Gasteiger charge is 2.23. The third kappa shape index (κ3) is 5.65. The molecule has 2 aromatic heterocycles. The van der Waals surface area contributed by atoms with E-state index >= 15 is 0 Å². The van der Waals surface area contributed by atoms with Crippen LogP contribution in [0, 0.1) is 0 Å². The molecule has 1 fully saturated rings. The molecule has 2 aromatic rings. The fraction of sp³-hybridized carbons (Fsp3) is 0.444. The minimum absolute atomic E-state index is 0.112. The first kappa shape index (κ1) is 19.1. The maximum absolute atomic E-state index is 12.0. The van der Waals surface area contributed by atoms with Crippen LogP contribution < -0.4 is 10.6 Å². The third-order valence-electron chi connectivity index (χ3n) is 4.22. The lowest BCUT2D eigenvalue weighted by Crippen LogP contribution is -2.42. The molecule has 0 bridgehead atoms. The summed E-state index contributed by atoms with van der Waals surface area (Å²) in [6.45, 7) is 3.50. The lowest BCUT2D eigenvalue weighted by molar-refractivity contribution is -0.115. The molecule has 1 aliphatic rings. The van der Waals surface area contributed by atoms with E-state index in [-0.39, 0.29) is 18.0 Å². The third-order valence-corrected chi connectivity index (χ3v) is 5.10. The van der Waals surface area contributed by atoms with Crippen molar-refractivity contribution in [2.45, 2.75) is 32.2 Å². The Hall–Kier alpha value is -2.68. The van der Waals surface area contributed by atoms with Crippen molar-refractivity contribution in [3.63, 3.8) is 0 Å². The number of aromatic nitrogens is 2. The zero-order chi connectivity index (χ0) is 19.1. The quantitative estimate of drug-likeness (QED) is 0.789. The van der Waals surface area contributed by atoms with Gasteiger partial charge in [0.15, 0.2) is 5.82 Å². The Morgan fingerprint density at radius 2 is 1.96 bits per heavy atom. The lowest BCUT2D eigenvalue weighted by atomic mass is 10.1. The van der Waals surface area contributed by atoms with E-state index in [1.807, 2.05) is 17.5 Å². The van der Waals surface area contributed by atoms with Gasteiger partial charge in [-0.3, -0.25) is 4.79 Å². The van der Waals surface area contributed by atoms with Crippen molar-refractivity contribution in [3.05, 3.63) is 34.5 Å². The molecular formula is C18H23N5O3S. The van der Waals surface area contributed by atoms with E-state index in [1.54, 1.807) is 35.3 Å². The molecule has 0 radical (unpaired) electrons. The molecule has 0 aromatic carbocycles. The summed E-state index contributed by atoms with van der Waals surface area (Å²) in [5, 5.41) is 16.2. The van der Waals surface area contributed by atoms with Crippen LogP contribution in [0.5, 0.6) is 0 Å². The molecule has 1 aliphatic heterocycles. The molecule has 2 amide bonds. The zero-order valence-electron chi connectivity index (χ0n) is 15.2. The largest absolute Gasteiger partial charge is 0.450 e. The van der Waals surface area contributed by atoms with Gasteiger partial charge in [0.05, 0.1) is 13.0 Å². The molecule has 27 heavy (non-hydrogen) atoms. The van der Waals surface area contributed by atoms with Crippen LogP contribution >= 0.6 is 11.3 Å². The lowest BCUT2D eigenvalue weighted by Gasteiger charge is -2.31. The number of carbonyl (C=O) groups excluding carboxylic acids is 2. The normalized spacial score (nSPS) is 14.6. The van der Waals surface area contributed by atoms with Crippen molar-refractivity contribution >= 4 is 35.0 Å². The Kier molecular flexibility index (Phi) is 6.59. The van der Waals surface area contributed by atoms with E-state index < -0.39 is 0 Å². The summed E-state index contributed by atoms with van der Waals surface area (Å²) in [7, 11) is 0. The predicted octanol–water partition coefficient (Wildman–Crippen LogP) is 2.75. The standard InChI is InChI=1S/C18H23N5O3S/c1-2-26-18(25)23-9-7-13(8-10-23)19-15-5-6-16(22-21-15)20-17(24)12-14-4-3-11-27-14/h3-6,11,13H,2,7-10,12H2,1H3,(H,19,21)(H,20,22,24). The van der Waals surface area contributed by atoms with Crippen molar-refractivity contribution in [2.24, 2.45) is 0 Å². The number of hydrogen-bond acceptors (Lipinski definition) is 7. The Morgan fingerprint density at radius 1 is 1.22 bits per heavy atom. The second kappa shape index (κ2) is 9.31. The zero-order valence-corrected chi connectivity index (χ0v) is 16.0. The maximum atomic E-state index is 12.0. The monoisotopic (exact) mass is 389 g/mol. The summed E-state index contributed by atoms with van der Waals surface area (Å²) in [4.78, 5) is 26.4. The average molecular weight is 389 g/mol. The average Bonchev–Trinajstić information content (AvgIpc) is 3.17. The van der Waals surface area contributed by atoms with Crippen molar-refractivity contribution in [2.75, 3.05) is 30.3 Å². The summed E-state index contributed by atoms with van der Waals surface area (Å²) >= 11 is 1.55. The molecule has 0 atom stereocenters. The molecule has 9 heteroatoms. The summed E-state index contributed by atoms with van der Waals surface area (Å²) in [5.74, 6) is 0.971. The highest BCUT2D eigenvalue weighted by molar-refractivity contribution is 7.10. The van der Waals surface area contributed by atoms with Crippen LogP contribution in [-0.2, 0) is 16.0 Å². The topological polar surface area (TPSA) is 96.5 Å². The Labute approximate surface area is 161 Å². The van der Waals surface area contributed by atoms with Gasteiger partial charge in [-0.15, -0.1) is 21.5 Å². The van der Waals surface area contributed by atoms with Gasteiger partial charge in [-0.2, -0.15) is 0 Å². The molecule has 0 aliphatic carbocycles. The number of nitrogens with one attached hydrogen (secondary N) is 2. The Bertz CT molecular complexity index is 743. The summed E-state index contributed by atoms with van der Waals surface area (Å²) < 4.78 is 5.02. The van der Waals surface area contributed by atoms with Gasteiger partial charge in [0, 0.05) is 24.0 Å². The van der Waals surface area contributed by atoms with Crippen LogP contribution in [0.1, 0.15) is 24.6 Å². The molecule has 2 N–H and O–H groups in total. The first-order valence-corrected chi connectivity index (χ1v) is 9.86. The van der Waals surface area contributed by atoms with Gasteiger partial charge in [0.1, 0.15) is 5.82 Å². The van der Waals surface area contributed by atoms with Crippen LogP contribution in [0.4, 0.5) is 16.4 Å². The summed E-state index contributed by atoms with van der Waals surface area (Å²) in [6, 6.07) is 7.60. The second-order valence-electron chi connectivity index (χ2n) is 6.21. The highest BCUT2D eigenvalue weighted by atomic mass is 32.1. The van der Waals surface area contributed by atoms with Gasteiger partial charge >= 0.3 is 6.09 Å². The number of ether oxygens (including phenoxy) is 1. The SMILES string of the molecule is CCOC(=O)N1CCC(Nc2ccc(NC(=O)Cc3cccs3)nn2)CC1. The van der Waals surface area contributed by atoms with E-state index in [9.17, 15) is 9.59 Å². The fourth-order valence-corrected chi connectivity index (χ4v) is 3.57. The van der Waals surface area contributed by atoms with Crippen LogP contribution in [0.3, 0.4) is 0 Å². The molecule has 3 heterocycles. The van der Waals surface area contributed by atoms with Crippen LogP contribution in [0.2, 0.25) is 0 Å². The van der Waals surface area contributed by atoms with Gasteiger partial charge in [0.2, 0.25) is 5.91 Å². The Balaban J connectivity index is 1.44. The Morgan fingerprint density at radius 3 is 2.59 bits per heavy atom. The molecule has 0 saturated carbocycles. The number of nitrogens with zero attached hydrogens (tertiary/aromatic N) is 3. The summed E-state index contributed by atoms with van der Waals surface area (Å²) in [6.07, 6.45) is 1.72. The second-order valence-corrected chi connectivity index (χ2v) is 7.24. The number of likely N-dealkylation sites (tertiary alicyclic amines) is 1. The van der Waals surface area contributed by atoms with E-state index in [0.717, 1.165) is 17.7 Å². The summed E-state index contributed by atoms with van der Waals surface area (Å²) in [5.41, 5.74) is 0. The van der Waals surface area contributed by atoms with Crippen molar-refractivity contribution in [1.82, 2.24) is 15.1 Å². The molecular weight excluding hydrogens is 366 g/mol. The molecule has 1 saturated heterocycles. The predicted molar refractivity (Wildman–Crippen MR) is 104 cm³/mol. The molecule has 0 unspecified atom stereocenters. The number of piperidine rings is 1. The van der Waals surface area contributed by atoms with Gasteiger partial charge in [0.25, 0.3) is 0 Å². The number of amides is 2. The first-order valence-electron chi connectivity index (χ1n) is 8.98. The smallest absolute Gasteiger partial charge is 0.409 e. The number of thiophene rings is 1. The van der Waals surface area contributed by atoms with Gasteiger partial charge in [-0.25, -0.2) is 4.79 Å². The minimum atomic E-state index is -0.251. The van der Waals surface area contributed by atoms with Crippen LogP contribution in [0.15, 0.2) is 29.6 Å². The van der Waals surface area contributed by atoms with Gasteiger partial charge in [-0.1, -0.05) is 6.07 Å². The molecule has 144 valence electrons. The molecule has 3 rings (SSSR count). The highest BCUT2D eigenvalue weighted by Crippen LogP contribution is 2.16. The van der Waals surface area contributed by atoms with E-state index in [4.69, 9.17) is 4.74 Å². The van der Waals surface area contributed by atoms with Crippen LogP contribution in [0.25, 0.3) is 0 Å². The van der Waals surface area contributed by atoms with Gasteiger partial charge in [-0.05, 0) is 43.3 Å². The first-order chi connectivity index (χ1) is 13.1. The van der Waals surface area contributed by atoms with E-state index in [1.165, 1.54) is 0 Å². The van der Waals surface area contributed by atoms with Crippen molar-refractivity contribution in [3.8, 4) is 0 Å². The van der Waals surface area contributed by atoms with E-state index in [2.05, 4.69) is 20.8 Å². The number of rotatable bonds is 6. The van der Waals surface area contributed by atoms with Gasteiger partial charge < -0.3 is 20.3 Å². The van der Waals surface area contributed by atoms with Crippen LogP contribution in [-0.4, -0.2) is 52.8 Å².